The van der Waals surface area contributed by atoms with Gasteiger partial charge in [-0.25, -0.2) is 9.98 Å². The SMILES string of the molecule is CCNC(=NCc1ccccc1CN1CCCC1=O)NCCc1ncc(C)s1.I. The molecule has 0 unspecified atom stereocenters. The Morgan fingerprint density at radius 2 is 2.07 bits per heavy atom. The molecule has 2 heterocycles. The molecule has 1 aliphatic heterocycles. The third kappa shape index (κ3) is 7.26. The smallest absolute Gasteiger partial charge is 0.222 e. The molecule has 0 aliphatic carbocycles. The lowest BCUT2D eigenvalue weighted by molar-refractivity contribution is -0.128. The number of aryl methyl sites for hydroxylation is 1. The first-order valence-corrected chi connectivity index (χ1v) is 10.8. The van der Waals surface area contributed by atoms with Crippen LogP contribution in [0.15, 0.2) is 35.5 Å². The standard InChI is InChI=1S/C21H29N5OS.HI/c1-3-22-21(23-11-10-19-24-13-16(2)28-19)25-14-17-7-4-5-8-18(17)15-26-12-6-9-20(26)27;/h4-5,7-8,13H,3,6,9-12,14-15H2,1-2H3,(H2,22,23,25);1H. The van der Waals surface area contributed by atoms with Gasteiger partial charge >= 0.3 is 0 Å². The van der Waals surface area contributed by atoms with Gasteiger partial charge in [0, 0.05) is 50.1 Å². The van der Waals surface area contributed by atoms with E-state index >= 15 is 0 Å². The van der Waals surface area contributed by atoms with Crippen LogP contribution in [-0.2, 0) is 24.3 Å². The molecule has 3 rings (SSSR count). The van der Waals surface area contributed by atoms with Gasteiger partial charge in [0.2, 0.25) is 5.91 Å². The van der Waals surface area contributed by atoms with Crippen LogP contribution in [0.4, 0.5) is 0 Å². The Hall–Kier alpha value is -1.68. The van der Waals surface area contributed by atoms with Gasteiger partial charge in [0.1, 0.15) is 0 Å². The molecule has 158 valence electrons. The van der Waals surface area contributed by atoms with Crippen molar-refractivity contribution in [3.8, 4) is 0 Å². The van der Waals surface area contributed by atoms with Crippen molar-refractivity contribution in [2.75, 3.05) is 19.6 Å². The number of rotatable bonds is 8. The monoisotopic (exact) mass is 527 g/mol. The second kappa shape index (κ2) is 12.1. The summed E-state index contributed by atoms with van der Waals surface area (Å²) in [5.41, 5.74) is 2.34. The summed E-state index contributed by atoms with van der Waals surface area (Å²) in [6.07, 6.45) is 4.44. The summed E-state index contributed by atoms with van der Waals surface area (Å²) < 4.78 is 0. The molecule has 8 heteroatoms. The number of guanidine groups is 1. The van der Waals surface area contributed by atoms with E-state index in [0.29, 0.717) is 19.5 Å². The van der Waals surface area contributed by atoms with Crippen molar-refractivity contribution in [2.45, 2.75) is 46.2 Å². The second-order valence-corrected chi connectivity index (χ2v) is 8.24. The molecule has 0 atom stereocenters. The average molecular weight is 527 g/mol. The van der Waals surface area contributed by atoms with E-state index in [1.54, 1.807) is 11.3 Å². The fourth-order valence-electron chi connectivity index (χ4n) is 3.25. The summed E-state index contributed by atoms with van der Waals surface area (Å²) >= 11 is 1.74. The predicted octanol–water partition coefficient (Wildman–Crippen LogP) is 3.49. The quantitative estimate of drug-likeness (QED) is 0.314. The number of amides is 1. The lowest BCUT2D eigenvalue weighted by Gasteiger charge is -2.18. The average Bonchev–Trinajstić information content (AvgIpc) is 3.29. The molecule has 29 heavy (non-hydrogen) atoms. The normalized spacial score (nSPS) is 14.1. The molecule has 2 N–H and O–H groups in total. The van der Waals surface area contributed by atoms with Crippen LogP contribution in [0.5, 0.6) is 0 Å². The van der Waals surface area contributed by atoms with Gasteiger partial charge < -0.3 is 15.5 Å². The van der Waals surface area contributed by atoms with Gasteiger partial charge in [0.05, 0.1) is 11.6 Å². The Morgan fingerprint density at radius 3 is 2.72 bits per heavy atom. The fraction of sp³-hybridized carbons (Fsp3) is 0.476. The van der Waals surface area contributed by atoms with Gasteiger partial charge in [-0.05, 0) is 31.4 Å². The van der Waals surface area contributed by atoms with E-state index in [2.05, 4.69) is 41.6 Å². The minimum Gasteiger partial charge on any atom is -0.357 e. The molecular weight excluding hydrogens is 497 g/mol. The Bertz CT molecular complexity index is 823. The first-order valence-electron chi connectivity index (χ1n) is 9.93. The topological polar surface area (TPSA) is 69.6 Å². The van der Waals surface area contributed by atoms with E-state index in [0.717, 1.165) is 49.0 Å². The van der Waals surface area contributed by atoms with Crippen LogP contribution in [0.25, 0.3) is 0 Å². The van der Waals surface area contributed by atoms with Crippen molar-refractivity contribution in [1.29, 1.82) is 0 Å². The summed E-state index contributed by atoms with van der Waals surface area (Å²) in [5, 5.41) is 7.83. The van der Waals surface area contributed by atoms with Crippen molar-refractivity contribution in [3.63, 3.8) is 0 Å². The first-order chi connectivity index (χ1) is 13.7. The van der Waals surface area contributed by atoms with E-state index in [-0.39, 0.29) is 29.9 Å². The van der Waals surface area contributed by atoms with Crippen molar-refractivity contribution >= 4 is 47.2 Å². The number of aromatic nitrogens is 1. The number of hydrogen-bond acceptors (Lipinski definition) is 4. The zero-order valence-electron chi connectivity index (χ0n) is 17.1. The van der Waals surface area contributed by atoms with E-state index in [9.17, 15) is 4.79 Å². The fourth-order valence-corrected chi connectivity index (χ4v) is 4.04. The summed E-state index contributed by atoms with van der Waals surface area (Å²) in [6, 6.07) is 8.26. The molecular formula is C21H30IN5OS. The van der Waals surface area contributed by atoms with Crippen LogP contribution in [0, 0.1) is 6.92 Å². The molecule has 0 radical (unpaired) electrons. The number of hydrogen-bond donors (Lipinski definition) is 2. The molecule has 6 nitrogen and oxygen atoms in total. The molecule has 0 bridgehead atoms. The largest absolute Gasteiger partial charge is 0.357 e. The summed E-state index contributed by atoms with van der Waals surface area (Å²) in [5.74, 6) is 1.06. The van der Waals surface area contributed by atoms with Crippen molar-refractivity contribution in [3.05, 3.63) is 51.5 Å². The number of aliphatic imine (C=N–C) groups is 1. The highest BCUT2D eigenvalue weighted by atomic mass is 127. The minimum absolute atomic E-state index is 0. The number of carbonyl (C=O) groups is 1. The van der Waals surface area contributed by atoms with Gasteiger partial charge in [-0.3, -0.25) is 4.79 Å². The Balaban J connectivity index is 0.00000300. The highest BCUT2D eigenvalue weighted by Crippen LogP contribution is 2.18. The molecule has 1 aromatic heterocycles. The van der Waals surface area contributed by atoms with Gasteiger partial charge in [0.15, 0.2) is 5.96 Å². The number of benzene rings is 1. The van der Waals surface area contributed by atoms with E-state index in [4.69, 9.17) is 4.99 Å². The van der Waals surface area contributed by atoms with Gasteiger partial charge in [-0.1, -0.05) is 24.3 Å². The van der Waals surface area contributed by atoms with Crippen LogP contribution in [-0.4, -0.2) is 41.4 Å². The van der Waals surface area contributed by atoms with Crippen molar-refractivity contribution in [1.82, 2.24) is 20.5 Å². The first kappa shape index (κ1) is 23.6. The second-order valence-electron chi connectivity index (χ2n) is 6.92. The number of likely N-dealkylation sites (tertiary alicyclic amines) is 1. The molecule has 1 saturated heterocycles. The van der Waals surface area contributed by atoms with E-state index in [1.165, 1.54) is 10.4 Å². The Labute approximate surface area is 194 Å². The lowest BCUT2D eigenvalue weighted by atomic mass is 10.1. The highest BCUT2D eigenvalue weighted by Gasteiger charge is 2.20. The van der Waals surface area contributed by atoms with Gasteiger partial charge in [-0.2, -0.15) is 0 Å². The Morgan fingerprint density at radius 1 is 1.28 bits per heavy atom. The maximum Gasteiger partial charge on any atom is 0.222 e. The minimum atomic E-state index is 0. The van der Waals surface area contributed by atoms with Crippen molar-refractivity contribution in [2.24, 2.45) is 4.99 Å². The lowest BCUT2D eigenvalue weighted by Crippen LogP contribution is -2.38. The molecule has 1 amide bonds. The van der Waals surface area contributed by atoms with E-state index in [1.807, 2.05) is 23.2 Å². The Kier molecular flexibility index (Phi) is 9.86. The molecule has 1 fully saturated rings. The summed E-state index contributed by atoms with van der Waals surface area (Å²) in [6.45, 7) is 7.87. The molecule has 1 aliphatic rings. The van der Waals surface area contributed by atoms with Crippen molar-refractivity contribution < 1.29 is 4.79 Å². The molecule has 2 aromatic rings. The third-order valence-corrected chi connectivity index (χ3v) is 5.68. The maximum absolute atomic E-state index is 12.0. The number of nitrogens with one attached hydrogen (secondary N) is 2. The van der Waals surface area contributed by atoms with E-state index < -0.39 is 0 Å². The molecule has 0 saturated carbocycles. The number of nitrogens with zero attached hydrogens (tertiary/aromatic N) is 3. The maximum atomic E-state index is 12.0. The number of halogens is 1. The highest BCUT2D eigenvalue weighted by molar-refractivity contribution is 14.0. The van der Waals surface area contributed by atoms with Crippen LogP contribution < -0.4 is 10.6 Å². The zero-order valence-corrected chi connectivity index (χ0v) is 20.3. The molecule has 1 aromatic carbocycles. The van der Waals surface area contributed by atoms with Crippen LogP contribution in [0.1, 0.15) is 40.8 Å². The van der Waals surface area contributed by atoms with Crippen LogP contribution >= 0.6 is 35.3 Å². The molecule has 0 spiro atoms. The zero-order chi connectivity index (χ0) is 19.8. The number of thiazole rings is 1. The van der Waals surface area contributed by atoms with Crippen LogP contribution in [0.2, 0.25) is 0 Å². The van der Waals surface area contributed by atoms with Gasteiger partial charge in [0.25, 0.3) is 0 Å². The third-order valence-electron chi connectivity index (χ3n) is 4.70. The number of carbonyl (C=O) groups excluding carboxylic acids is 1. The summed E-state index contributed by atoms with van der Waals surface area (Å²) in [7, 11) is 0. The predicted molar refractivity (Wildman–Crippen MR) is 130 cm³/mol. The summed E-state index contributed by atoms with van der Waals surface area (Å²) in [4.78, 5) is 24.3. The van der Waals surface area contributed by atoms with Gasteiger partial charge in [-0.15, -0.1) is 35.3 Å². The van der Waals surface area contributed by atoms with Crippen LogP contribution in [0.3, 0.4) is 0 Å².